The number of sulfonamides is 1. The highest BCUT2D eigenvalue weighted by Gasteiger charge is 2.28. The van der Waals surface area contributed by atoms with E-state index in [1.165, 1.54) is 24.3 Å². The third kappa shape index (κ3) is 5.16. The summed E-state index contributed by atoms with van der Waals surface area (Å²) < 4.78 is 57.4. The van der Waals surface area contributed by atoms with Crippen LogP contribution in [0.2, 0.25) is 0 Å². The molecular weight excluding hydrogens is 412 g/mol. The van der Waals surface area contributed by atoms with E-state index in [1.54, 1.807) is 7.11 Å². The van der Waals surface area contributed by atoms with Crippen LogP contribution in [0.3, 0.4) is 0 Å². The molecule has 158 valence electrons. The molecule has 29 heavy (non-hydrogen) atoms. The highest BCUT2D eigenvalue weighted by atomic mass is 32.2. The molecule has 3 rings (SSSR count). The lowest BCUT2D eigenvalue weighted by Crippen LogP contribution is -2.37. The van der Waals surface area contributed by atoms with Crippen LogP contribution in [0.5, 0.6) is 5.75 Å². The van der Waals surface area contributed by atoms with Gasteiger partial charge in [-0.2, -0.15) is 0 Å². The van der Waals surface area contributed by atoms with Gasteiger partial charge in [0.15, 0.2) is 9.84 Å². The average Bonchev–Trinajstić information content (AvgIpc) is 3.22. The van der Waals surface area contributed by atoms with Gasteiger partial charge in [-0.15, -0.1) is 0 Å². The summed E-state index contributed by atoms with van der Waals surface area (Å²) in [6.07, 6.45) is 3.18. The van der Waals surface area contributed by atoms with Crippen molar-refractivity contribution in [2.75, 3.05) is 33.0 Å². The van der Waals surface area contributed by atoms with Crippen LogP contribution in [0.1, 0.15) is 24.4 Å². The van der Waals surface area contributed by atoms with Crippen LogP contribution in [0.4, 0.5) is 0 Å². The number of hydrogen-bond donors (Lipinski definition) is 1. The van der Waals surface area contributed by atoms with Crippen LogP contribution in [-0.4, -0.2) is 54.7 Å². The zero-order valence-electron chi connectivity index (χ0n) is 16.5. The van der Waals surface area contributed by atoms with Crippen LogP contribution in [0.15, 0.2) is 58.3 Å². The van der Waals surface area contributed by atoms with Crippen molar-refractivity contribution < 1.29 is 21.6 Å². The van der Waals surface area contributed by atoms with Crippen LogP contribution >= 0.6 is 0 Å². The summed E-state index contributed by atoms with van der Waals surface area (Å²) in [6, 6.07) is 12.8. The Labute approximate surface area is 172 Å². The molecule has 0 amide bonds. The van der Waals surface area contributed by atoms with Crippen molar-refractivity contribution in [3.05, 3.63) is 54.1 Å². The third-order valence-corrected chi connectivity index (χ3v) is 7.62. The number of nitrogens with one attached hydrogen (secondary N) is 1. The van der Waals surface area contributed by atoms with Gasteiger partial charge >= 0.3 is 0 Å². The number of likely N-dealkylation sites (tertiary alicyclic amines) is 1. The third-order valence-electron chi connectivity index (χ3n) is 5.09. The van der Waals surface area contributed by atoms with Gasteiger partial charge in [-0.3, -0.25) is 4.90 Å². The molecule has 1 N–H and O–H groups in total. The molecule has 2 aromatic carbocycles. The summed E-state index contributed by atoms with van der Waals surface area (Å²) >= 11 is 0. The first-order chi connectivity index (χ1) is 13.7. The maximum atomic E-state index is 12.9. The fourth-order valence-electron chi connectivity index (χ4n) is 3.57. The van der Waals surface area contributed by atoms with Crippen molar-refractivity contribution in [2.45, 2.75) is 28.7 Å². The smallest absolute Gasteiger partial charge is 0.240 e. The van der Waals surface area contributed by atoms with Gasteiger partial charge in [-0.25, -0.2) is 21.6 Å². The van der Waals surface area contributed by atoms with Crippen molar-refractivity contribution in [1.29, 1.82) is 0 Å². The lowest BCUT2D eigenvalue weighted by atomic mass is 10.0. The molecule has 7 nitrogen and oxygen atoms in total. The molecule has 0 aromatic heterocycles. The minimum Gasteiger partial charge on any atom is -0.496 e. The number of benzene rings is 2. The van der Waals surface area contributed by atoms with Crippen molar-refractivity contribution >= 4 is 19.9 Å². The molecule has 2 aromatic rings. The Morgan fingerprint density at radius 1 is 1.00 bits per heavy atom. The molecule has 1 aliphatic rings. The van der Waals surface area contributed by atoms with Gasteiger partial charge in [0.1, 0.15) is 5.75 Å². The Bertz CT molecular complexity index is 1060. The monoisotopic (exact) mass is 438 g/mol. The van der Waals surface area contributed by atoms with E-state index in [1.807, 2.05) is 24.3 Å². The minimum absolute atomic E-state index is 0.0267. The van der Waals surface area contributed by atoms with E-state index >= 15 is 0 Å². The van der Waals surface area contributed by atoms with E-state index in [-0.39, 0.29) is 22.4 Å². The quantitative estimate of drug-likeness (QED) is 0.679. The Morgan fingerprint density at radius 3 is 2.31 bits per heavy atom. The van der Waals surface area contributed by atoms with Gasteiger partial charge in [0, 0.05) is 18.4 Å². The van der Waals surface area contributed by atoms with Crippen LogP contribution in [0.25, 0.3) is 0 Å². The standard InChI is InChI=1S/C20H26N2O5S2/c1-27-20-11-4-3-10-18(20)19(22-12-5-6-13-22)15-21-29(25,26)17-9-7-8-16(14-17)28(2,23)24/h3-4,7-11,14,19,21H,5-6,12-13,15H2,1-2H3. The summed E-state index contributed by atoms with van der Waals surface area (Å²) in [5.41, 5.74) is 0.921. The molecule has 0 aliphatic carbocycles. The fraction of sp³-hybridized carbons (Fsp3) is 0.400. The first kappa shape index (κ1) is 21.8. The lowest BCUT2D eigenvalue weighted by Gasteiger charge is -2.29. The van der Waals surface area contributed by atoms with Gasteiger partial charge in [0.25, 0.3) is 0 Å². The molecule has 1 fully saturated rings. The van der Waals surface area contributed by atoms with E-state index in [0.29, 0.717) is 5.75 Å². The Balaban J connectivity index is 1.87. The number of hydrogen-bond acceptors (Lipinski definition) is 6. The zero-order chi connectivity index (χ0) is 21.1. The van der Waals surface area contributed by atoms with Crippen molar-refractivity contribution in [2.24, 2.45) is 0 Å². The average molecular weight is 439 g/mol. The minimum atomic E-state index is -3.88. The second kappa shape index (κ2) is 8.83. The van der Waals surface area contributed by atoms with E-state index < -0.39 is 19.9 Å². The molecule has 1 heterocycles. The van der Waals surface area contributed by atoms with Gasteiger partial charge < -0.3 is 4.74 Å². The zero-order valence-corrected chi connectivity index (χ0v) is 18.2. The molecule has 0 saturated carbocycles. The summed E-state index contributed by atoms with van der Waals surface area (Å²) in [7, 11) is -5.78. The largest absolute Gasteiger partial charge is 0.496 e. The number of rotatable bonds is 8. The number of sulfone groups is 1. The Hall–Kier alpha value is -1.94. The van der Waals surface area contributed by atoms with E-state index in [2.05, 4.69) is 9.62 Å². The van der Waals surface area contributed by atoms with Gasteiger partial charge in [-0.1, -0.05) is 24.3 Å². The summed E-state index contributed by atoms with van der Waals surface area (Å²) in [4.78, 5) is 2.15. The summed E-state index contributed by atoms with van der Waals surface area (Å²) in [6.45, 7) is 1.92. The fourth-order valence-corrected chi connectivity index (χ4v) is 5.40. The Kier molecular flexibility index (Phi) is 6.62. The van der Waals surface area contributed by atoms with Crippen LogP contribution < -0.4 is 9.46 Å². The number of para-hydroxylation sites is 1. The molecule has 9 heteroatoms. The summed E-state index contributed by atoms with van der Waals surface area (Å²) in [5, 5.41) is 0. The van der Waals surface area contributed by atoms with Crippen molar-refractivity contribution in [3.63, 3.8) is 0 Å². The highest BCUT2D eigenvalue weighted by Crippen LogP contribution is 2.31. The number of ether oxygens (including phenoxy) is 1. The second-order valence-electron chi connectivity index (χ2n) is 7.10. The normalized spacial score (nSPS) is 16.6. The maximum Gasteiger partial charge on any atom is 0.240 e. The first-order valence-electron chi connectivity index (χ1n) is 9.39. The van der Waals surface area contributed by atoms with Crippen LogP contribution in [0, 0.1) is 0 Å². The van der Waals surface area contributed by atoms with Gasteiger partial charge in [-0.05, 0) is 50.2 Å². The van der Waals surface area contributed by atoms with Gasteiger partial charge in [0.05, 0.1) is 22.9 Å². The maximum absolute atomic E-state index is 12.9. The SMILES string of the molecule is COc1ccccc1C(CNS(=O)(=O)c1cccc(S(C)(=O)=O)c1)N1CCCC1. The topological polar surface area (TPSA) is 92.8 Å². The van der Waals surface area contributed by atoms with E-state index in [9.17, 15) is 16.8 Å². The molecule has 1 aliphatic heterocycles. The molecule has 1 saturated heterocycles. The molecule has 1 unspecified atom stereocenters. The van der Waals surface area contributed by atoms with E-state index in [4.69, 9.17) is 4.74 Å². The van der Waals surface area contributed by atoms with Crippen LogP contribution in [-0.2, 0) is 19.9 Å². The summed E-state index contributed by atoms with van der Waals surface area (Å²) in [5.74, 6) is 0.711. The number of methoxy groups -OCH3 is 1. The molecule has 1 atom stereocenters. The first-order valence-corrected chi connectivity index (χ1v) is 12.8. The molecule has 0 radical (unpaired) electrons. The second-order valence-corrected chi connectivity index (χ2v) is 10.9. The molecular formula is C20H26N2O5S2. The highest BCUT2D eigenvalue weighted by molar-refractivity contribution is 7.91. The van der Waals surface area contributed by atoms with Gasteiger partial charge in [0.2, 0.25) is 10.0 Å². The molecule has 0 spiro atoms. The van der Waals surface area contributed by atoms with Crippen molar-refractivity contribution in [3.8, 4) is 5.75 Å². The Morgan fingerprint density at radius 2 is 1.66 bits per heavy atom. The lowest BCUT2D eigenvalue weighted by molar-refractivity contribution is 0.240. The predicted octanol–water partition coefficient (Wildman–Crippen LogP) is 2.21. The predicted molar refractivity (Wildman–Crippen MR) is 111 cm³/mol. The van der Waals surface area contributed by atoms with E-state index in [0.717, 1.165) is 37.8 Å². The number of nitrogens with zero attached hydrogens (tertiary/aromatic N) is 1. The molecule has 0 bridgehead atoms. The van der Waals surface area contributed by atoms with Crippen molar-refractivity contribution in [1.82, 2.24) is 9.62 Å².